The van der Waals surface area contributed by atoms with Crippen molar-refractivity contribution in [1.29, 1.82) is 0 Å². The number of nitrogens with zero attached hydrogens (tertiary/aromatic N) is 1. The van der Waals surface area contributed by atoms with Crippen molar-refractivity contribution in [2.45, 2.75) is 13.8 Å². The fourth-order valence-electron chi connectivity index (χ4n) is 6.68. The zero-order valence-electron chi connectivity index (χ0n) is 18.8. The lowest BCUT2D eigenvalue weighted by molar-refractivity contribution is -0.133. The Bertz CT molecular complexity index is 1330. The molecule has 6 rings (SSSR count). The summed E-state index contributed by atoms with van der Waals surface area (Å²) in [6.45, 7) is 3.69. The first kappa shape index (κ1) is 21.1. The number of allylic oxidation sites excluding steroid dienone is 2. The van der Waals surface area contributed by atoms with Crippen molar-refractivity contribution >= 4 is 46.0 Å². The topological polar surface area (TPSA) is 54.5 Å². The third-order valence-corrected chi connectivity index (χ3v) is 8.32. The van der Waals surface area contributed by atoms with E-state index in [4.69, 9.17) is 11.6 Å². The summed E-state index contributed by atoms with van der Waals surface area (Å²) in [5.74, 6) is -2.34. The van der Waals surface area contributed by atoms with Gasteiger partial charge < -0.3 is 0 Å². The summed E-state index contributed by atoms with van der Waals surface area (Å²) in [5, 5.41) is 0.331. The lowest BCUT2D eigenvalue weighted by Crippen LogP contribution is -2.40. The first-order valence-electron chi connectivity index (χ1n) is 11.4. The van der Waals surface area contributed by atoms with Crippen molar-refractivity contribution in [2.24, 2.45) is 22.7 Å². The Balaban J connectivity index is 1.64. The molecule has 2 amide bonds. The van der Waals surface area contributed by atoms with E-state index < -0.39 is 22.7 Å². The van der Waals surface area contributed by atoms with Crippen LogP contribution in [-0.2, 0) is 14.4 Å². The highest BCUT2D eigenvalue weighted by Gasteiger charge is 2.79. The number of fused-ring (bicyclic) bond motifs is 5. The fraction of sp³-hybridized carbons (Fsp3) is 0.207. The van der Waals surface area contributed by atoms with Crippen LogP contribution in [-0.4, -0.2) is 17.6 Å². The Kier molecular flexibility index (Phi) is 4.34. The third-order valence-electron chi connectivity index (χ3n) is 8.00. The first-order valence-corrected chi connectivity index (χ1v) is 11.7. The molecule has 1 heterocycles. The summed E-state index contributed by atoms with van der Waals surface area (Å²) in [4.78, 5) is 43.3. The van der Waals surface area contributed by atoms with Crippen molar-refractivity contribution < 1.29 is 14.4 Å². The second-order valence-corrected chi connectivity index (χ2v) is 10.0. The van der Waals surface area contributed by atoms with Gasteiger partial charge in [-0.05, 0) is 48.3 Å². The van der Waals surface area contributed by atoms with Gasteiger partial charge in [-0.1, -0.05) is 84.4 Å². The first-order chi connectivity index (χ1) is 16.3. The molecule has 168 valence electrons. The molecular weight excluding hydrogens is 446 g/mol. The molecule has 3 aliphatic rings. The van der Waals surface area contributed by atoms with Crippen molar-refractivity contribution in [3.63, 3.8) is 0 Å². The van der Waals surface area contributed by atoms with Gasteiger partial charge in [0.25, 0.3) is 0 Å². The molecule has 3 aromatic carbocycles. The highest BCUT2D eigenvalue weighted by molar-refractivity contribution is 6.38. The Morgan fingerprint density at radius 1 is 0.647 bits per heavy atom. The predicted octanol–water partition coefficient (Wildman–Crippen LogP) is 5.67. The molecule has 2 fully saturated rings. The fourth-order valence-corrected chi connectivity index (χ4v) is 6.90. The molecule has 1 aliphatic heterocycles. The van der Waals surface area contributed by atoms with Gasteiger partial charge in [0.05, 0.1) is 33.4 Å². The number of para-hydroxylation sites is 1. The minimum Gasteiger partial charge on any atom is -0.298 e. The van der Waals surface area contributed by atoms with Gasteiger partial charge in [-0.2, -0.15) is 0 Å². The molecule has 0 spiro atoms. The van der Waals surface area contributed by atoms with Crippen LogP contribution in [0, 0.1) is 22.7 Å². The number of ketones is 1. The predicted molar refractivity (Wildman–Crippen MR) is 132 cm³/mol. The number of imide groups is 1. The molecule has 3 aromatic rings. The van der Waals surface area contributed by atoms with E-state index in [1.165, 1.54) is 4.90 Å². The lowest BCUT2D eigenvalue weighted by atomic mass is 9.63. The molecule has 2 aliphatic carbocycles. The summed E-state index contributed by atoms with van der Waals surface area (Å²) in [6.07, 6.45) is 0. The second-order valence-electron chi connectivity index (χ2n) is 9.63. The van der Waals surface area contributed by atoms with E-state index >= 15 is 0 Å². The standard InChI is InChI=1S/C29H22ClNO3/c1-28-21(17-11-5-3-6-12-17)22(18-13-7-4-8-14-18)29(2,27(28)34)24-23(28)25(32)31(26(24)33)20-16-10-9-15-19(20)30/h3-16,23-24H,1-2H3/t23-,24-,28-,29+/m0/s1. The van der Waals surface area contributed by atoms with E-state index in [1.54, 1.807) is 24.3 Å². The van der Waals surface area contributed by atoms with Crippen LogP contribution < -0.4 is 4.90 Å². The normalized spacial score (nSPS) is 29.9. The maximum Gasteiger partial charge on any atom is 0.239 e. The molecule has 2 bridgehead atoms. The number of hydrogen-bond acceptors (Lipinski definition) is 3. The van der Waals surface area contributed by atoms with Gasteiger partial charge in [-0.25, -0.2) is 4.90 Å². The van der Waals surface area contributed by atoms with Crippen molar-refractivity contribution in [3.8, 4) is 0 Å². The molecular formula is C29H22ClNO3. The van der Waals surface area contributed by atoms with E-state index in [-0.39, 0.29) is 17.6 Å². The SMILES string of the molecule is C[C@]12C(=O)[C@](C)(C(c3ccccc3)=C1c1ccccc1)[C@@H]1C(=O)N(c3ccccc3Cl)C(=O)[C@H]12. The Morgan fingerprint density at radius 2 is 1.06 bits per heavy atom. The van der Waals surface area contributed by atoms with Crippen LogP contribution in [0.4, 0.5) is 5.69 Å². The summed E-state index contributed by atoms with van der Waals surface area (Å²) >= 11 is 6.40. The molecule has 34 heavy (non-hydrogen) atoms. The summed E-state index contributed by atoms with van der Waals surface area (Å²) in [5.41, 5.74) is 1.59. The van der Waals surface area contributed by atoms with Gasteiger partial charge in [0.1, 0.15) is 0 Å². The maximum atomic E-state index is 14.2. The van der Waals surface area contributed by atoms with Crippen LogP contribution in [0.25, 0.3) is 11.1 Å². The van der Waals surface area contributed by atoms with Gasteiger partial charge in [-0.3, -0.25) is 14.4 Å². The third kappa shape index (κ3) is 2.36. The number of benzene rings is 3. The number of Topliss-reactive ketones (excluding diaryl/α,β-unsaturated/α-hetero) is 1. The number of hydrogen-bond donors (Lipinski definition) is 0. The second kappa shape index (κ2) is 7.00. The van der Waals surface area contributed by atoms with E-state index in [9.17, 15) is 14.4 Å². The highest BCUT2D eigenvalue weighted by Crippen LogP contribution is 2.73. The number of amides is 2. The summed E-state index contributed by atoms with van der Waals surface area (Å²) in [7, 11) is 0. The number of anilines is 1. The lowest BCUT2D eigenvalue weighted by Gasteiger charge is -2.35. The largest absolute Gasteiger partial charge is 0.298 e. The van der Waals surface area contributed by atoms with Crippen LogP contribution in [0.3, 0.4) is 0 Å². The van der Waals surface area contributed by atoms with Crippen LogP contribution in [0.2, 0.25) is 5.02 Å². The molecule has 4 nitrogen and oxygen atoms in total. The van der Waals surface area contributed by atoms with E-state index in [0.717, 1.165) is 22.3 Å². The highest BCUT2D eigenvalue weighted by atomic mass is 35.5. The monoisotopic (exact) mass is 467 g/mol. The number of rotatable bonds is 3. The van der Waals surface area contributed by atoms with Gasteiger partial charge >= 0.3 is 0 Å². The molecule has 4 atom stereocenters. The Labute approximate surface area is 202 Å². The Morgan fingerprint density at radius 3 is 1.50 bits per heavy atom. The average Bonchev–Trinajstić information content (AvgIpc) is 3.30. The van der Waals surface area contributed by atoms with Crippen molar-refractivity contribution in [1.82, 2.24) is 0 Å². The summed E-state index contributed by atoms with van der Waals surface area (Å²) in [6, 6.07) is 26.3. The van der Waals surface area contributed by atoms with Crippen LogP contribution in [0.15, 0.2) is 84.9 Å². The number of carbonyl (C=O) groups excluding carboxylic acids is 3. The molecule has 1 saturated heterocycles. The van der Waals surface area contributed by atoms with Crippen molar-refractivity contribution in [3.05, 3.63) is 101 Å². The molecule has 1 saturated carbocycles. The van der Waals surface area contributed by atoms with Gasteiger partial charge in [0.15, 0.2) is 5.78 Å². The molecule has 0 unspecified atom stereocenters. The van der Waals surface area contributed by atoms with Gasteiger partial charge in [0.2, 0.25) is 11.8 Å². The average molecular weight is 468 g/mol. The van der Waals surface area contributed by atoms with Crippen LogP contribution >= 0.6 is 11.6 Å². The zero-order valence-corrected chi connectivity index (χ0v) is 19.5. The van der Waals surface area contributed by atoms with Gasteiger partial charge in [0, 0.05) is 0 Å². The van der Waals surface area contributed by atoms with E-state index in [0.29, 0.717) is 10.7 Å². The summed E-state index contributed by atoms with van der Waals surface area (Å²) < 4.78 is 0. The van der Waals surface area contributed by atoms with E-state index in [1.807, 2.05) is 74.5 Å². The minimum absolute atomic E-state index is 0.0618. The molecule has 0 N–H and O–H groups in total. The van der Waals surface area contributed by atoms with Gasteiger partial charge in [-0.15, -0.1) is 0 Å². The quantitative estimate of drug-likeness (QED) is 0.466. The maximum absolute atomic E-state index is 14.2. The zero-order chi connectivity index (χ0) is 23.8. The van der Waals surface area contributed by atoms with E-state index in [2.05, 4.69) is 0 Å². The molecule has 0 aromatic heterocycles. The number of halogens is 1. The molecule has 5 heteroatoms. The minimum atomic E-state index is -1.13. The molecule has 0 radical (unpaired) electrons. The van der Waals surface area contributed by atoms with Crippen LogP contribution in [0.5, 0.6) is 0 Å². The Hall–Kier alpha value is -3.50. The number of carbonyl (C=O) groups is 3. The van der Waals surface area contributed by atoms with Crippen molar-refractivity contribution in [2.75, 3.05) is 4.90 Å². The van der Waals surface area contributed by atoms with Crippen LogP contribution in [0.1, 0.15) is 25.0 Å². The smallest absolute Gasteiger partial charge is 0.239 e.